The van der Waals surface area contributed by atoms with Crippen LogP contribution in [0.5, 0.6) is 0 Å². The minimum Gasteiger partial charge on any atom is -0.395 e. The highest BCUT2D eigenvalue weighted by atomic mass is 16.2. The average molecular weight is 285 g/mol. The van der Waals surface area contributed by atoms with Gasteiger partial charge in [0, 0.05) is 30.1 Å². The van der Waals surface area contributed by atoms with Crippen LogP contribution in [0.25, 0.3) is 0 Å². The maximum absolute atomic E-state index is 12.6. The zero-order chi connectivity index (χ0) is 15.2. The van der Waals surface area contributed by atoms with E-state index >= 15 is 0 Å². The molecule has 3 heteroatoms. The first kappa shape index (κ1) is 15.6. The van der Waals surface area contributed by atoms with Crippen LogP contribution in [0.15, 0.2) is 18.2 Å². The van der Waals surface area contributed by atoms with Gasteiger partial charge in [0.05, 0.1) is 6.61 Å². The Labute approximate surface area is 127 Å². The molecule has 0 radical (unpaired) electrons. The maximum atomic E-state index is 12.6. The number of aliphatic hydroxyl groups is 1. The van der Waals surface area contributed by atoms with Crippen molar-refractivity contribution in [3.8, 4) is 11.8 Å². The van der Waals surface area contributed by atoms with Gasteiger partial charge in [-0.2, -0.15) is 0 Å². The Balaban J connectivity index is 2.22. The molecule has 0 aromatic heterocycles. The number of carbonyl (C=O) groups is 1. The van der Waals surface area contributed by atoms with Crippen LogP contribution in [-0.4, -0.2) is 35.1 Å². The molecule has 0 saturated carbocycles. The highest BCUT2D eigenvalue weighted by Gasteiger charge is 2.28. The topological polar surface area (TPSA) is 40.5 Å². The number of amides is 1. The summed E-state index contributed by atoms with van der Waals surface area (Å²) in [6.45, 7) is 5.05. The van der Waals surface area contributed by atoms with E-state index in [1.165, 1.54) is 0 Å². The van der Waals surface area contributed by atoms with Gasteiger partial charge in [-0.25, -0.2) is 0 Å². The van der Waals surface area contributed by atoms with E-state index in [0.717, 1.165) is 36.9 Å². The van der Waals surface area contributed by atoms with E-state index in [1.807, 2.05) is 30.0 Å². The number of carbonyl (C=O) groups excluding carboxylic acids is 1. The summed E-state index contributed by atoms with van der Waals surface area (Å²) in [5.74, 6) is 6.08. The Hall–Kier alpha value is -1.79. The van der Waals surface area contributed by atoms with Gasteiger partial charge in [0.2, 0.25) is 0 Å². The number of rotatable bonds is 3. The standard InChI is InChI=1S/C18H23NO2/c1-3-17-8-6-11-19(17)18(21)16-10-9-14(2)15(13-16)7-4-5-12-20/h9-10,13,17,20H,3,5-6,8,11-12H2,1-2H3. The van der Waals surface area contributed by atoms with Gasteiger partial charge in [-0.3, -0.25) is 4.79 Å². The fraction of sp³-hybridized carbons (Fsp3) is 0.500. The Bertz CT molecular complexity index is 568. The molecule has 1 saturated heterocycles. The molecule has 0 spiro atoms. The van der Waals surface area contributed by atoms with Crippen LogP contribution >= 0.6 is 0 Å². The molecule has 1 aliphatic heterocycles. The van der Waals surface area contributed by atoms with E-state index in [-0.39, 0.29) is 12.5 Å². The van der Waals surface area contributed by atoms with Crippen molar-refractivity contribution < 1.29 is 9.90 Å². The first-order chi connectivity index (χ1) is 10.2. The van der Waals surface area contributed by atoms with Gasteiger partial charge in [-0.15, -0.1) is 0 Å². The van der Waals surface area contributed by atoms with Crippen LogP contribution in [-0.2, 0) is 0 Å². The van der Waals surface area contributed by atoms with Crippen molar-refractivity contribution in [2.45, 2.75) is 45.6 Å². The molecule has 1 aromatic rings. The molecular weight excluding hydrogens is 262 g/mol. The van der Waals surface area contributed by atoms with Gasteiger partial charge >= 0.3 is 0 Å². The van der Waals surface area contributed by atoms with E-state index in [1.54, 1.807) is 0 Å². The molecule has 1 aliphatic rings. The molecule has 2 rings (SSSR count). The molecule has 3 nitrogen and oxygen atoms in total. The average Bonchev–Trinajstić information content (AvgIpc) is 2.97. The molecule has 1 fully saturated rings. The van der Waals surface area contributed by atoms with Gasteiger partial charge in [-0.1, -0.05) is 24.8 Å². The summed E-state index contributed by atoms with van der Waals surface area (Å²) >= 11 is 0. The second kappa shape index (κ2) is 7.28. The summed E-state index contributed by atoms with van der Waals surface area (Å²) in [6, 6.07) is 6.10. The van der Waals surface area contributed by atoms with Crippen molar-refractivity contribution >= 4 is 5.91 Å². The lowest BCUT2D eigenvalue weighted by Gasteiger charge is -2.23. The van der Waals surface area contributed by atoms with E-state index in [0.29, 0.717) is 18.0 Å². The van der Waals surface area contributed by atoms with Crippen molar-refractivity contribution in [1.29, 1.82) is 0 Å². The monoisotopic (exact) mass is 285 g/mol. The number of hydrogen-bond donors (Lipinski definition) is 1. The number of nitrogens with zero attached hydrogens (tertiary/aromatic N) is 1. The first-order valence-electron chi connectivity index (χ1n) is 7.68. The summed E-state index contributed by atoms with van der Waals surface area (Å²) in [6.07, 6.45) is 3.68. The lowest BCUT2D eigenvalue weighted by atomic mass is 10.0. The van der Waals surface area contributed by atoms with Crippen molar-refractivity contribution in [3.63, 3.8) is 0 Å². The lowest BCUT2D eigenvalue weighted by Crippen LogP contribution is -2.35. The predicted molar refractivity (Wildman–Crippen MR) is 84.1 cm³/mol. The molecule has 21 heavy (non-hydrogen) atoms. The third-order valence-corrected chi connectivity index (χ3v) is 4.05. The van der Waals surface area contributed by atoms with E-state index < -0.39 is 0 Å². The number of aliphatic hydroxyl groups excluding tert-OH is 1. The number of benzene rings is 1. The fourth-order valence-corrected chi connectivity index (χ4v) is 2.80. The molecule has 0 aliphatic carbocycles. The smallest absolute Gasteiger partial charge is 0.254 e. The molecule has 1 N–H and O–H groups in total. The summed E-state index contributed by atoms with van der Waals surface area (Å²) in [7, 11) is 0. The number of hydrogen-bond acceptors (Lipinski definition) is 2. The fourth-order valence-electron chi connectivity index (χ4n) is 2.80. The molecule has 1 aromatic carbocycles. The predicted octanol–water partition coefficient (Wildman–Crippen LogP) is 2.74. The minimum absolute atomic E-state index is 0.0661. The highest BCUT2D eigenvalue weighted by molar-refractivity contribution is 5.95. The molecule has 1 amide bonds. The Morgan fingerprint density at radius 1 is 1.48 bits per heavy atom. The summed E-state index contributed by atoms with van der Waals surface area (Å²) in [4.78, 5) is 14.6. The molecule has 1 unspecified atom stereocenters. The van der Waals surface area contributed by atoms with Gasteiger partial charge in [-0.05, 0) is 43.9 Å². The Kier molecular flexibility index (Phi) is 5.41. The normalized spacial score (nSPS) is 17.5. The SMILES string of the molecule is CCC1CCCN1C(=O)c1ccc(C)c(C#CCCO)c1. The van der Waals surface area contributed by atoms with Crippen LogP contribution in [0.4, 0.5) is 0 Å². The van der Waals surface area contributed by atoms with Crippen LogP contribution in [0.3, 0.4) is 0 Å². The third kappa shape index (κ3) is 3.65. The lowest BCUT2D eigenvalue weighted by molar-refractivity contribution is 0.0733. The van der Waals surface area contributed by atoms with E-state index in [4.69, 9.17) is 5.11 Å². The largest absolute Gasteiger partial charge is 0.395 e. The number of aryl methyl sites for hydroxylation is 1. The maximum Gasteiger partial charge on any atom is 0.254 e. The van der Waals surface area contributed by atoms with E-state index in [9.17, 15) is 4.79 Å². The van der Waals surface area contributed by atoms with Crippen molar-refractivity contribution in [1.82, 2.24) is 4.90 Å². The van der Waals surface area contributed by atoms with Crippen molar-refractivity contribution in [2.75, 3.05) is 13.2 Å². The van der Waals surface area contributed by atoms with Crippen LogP contribution in [0.1, 0.15) is 54.1 Å². The minimum atomic E-state index is 0.0661. The quantitative estimate of drug-likeness (QED) is 0.868. The Morgan fingerprint density at radius 2 is 2.29 bits per heavy atom. The van der Waals surface area contributed by atoms with Crippen molar-refractivity contribution in [3.05, 3.63) is 34.9 Å². The molecular formula is C18H23NO2. The van der Waals surface area contributed by atoms with Gasteiger partial charge in [0.1, 0.15) is 0 Å². The second-order valence-electron chi connectivity index (χ2n) is 5.51. The molecule has 1 atom stereocenters. The summed E-state index contributed by atoms with van der Waals surface area (Å²) in [5.41, 5.74) is 2.65. The molecule has 112 valence electrons. The van der Waals surface area contributed by atoms with Crippen LogP contribution in [0, 0.1) is 18.8 Å². The van der Waals surface area contributed by atoms with Gasteiger partial charge in [0.25, 0.3) is 5.91 Å². The molecule has 1 heterocycles. The summed E-state index contributed by atoms with van der Waals surface area (Å²) in [5, 5.41) is 8.79. The van der Waals surface area contributed by atoms with Gasteiger partial charge in [0.15, 0.2) is 0 Å². The zero-order valence-electron chi connectivity index (χ0n) is 12.9. The third-order valence-electron chi connectivity index (χ3n) is 4.05. The second-order valence-corrected chi connectivity index (χ2v) is 5.51. The van der Waals surface area contributed by atoms with Crippen LogP contribution in [0.2, 0.25) is 0 Å². The highest BCUT2D eigenvalue weighted by Crippen LogP contribution is 2.23. The van der Waals surface area contributed by atoms with Crippen LogP contribution < -0.4 is 0 Å². The van der Waals surface area contributed by atoms with E-state index in [2.05, 4.69) is 18.8 Å². The molecule has 0 bridgehead atoms. The first-order valence-corrected chi connectivity index (χ1v) is 7.68. The van der Waals surface area contributed by atoms with Gasteiger partial charge < -0.3 is 10.0 Å². The zero-order valence-corrected chi connectivity index (χ0v) is 12.9. The van der Waals surface area contributed by atoms with Crippen molar-refractivity contribution in [2.24, 2.45) is 0 Å². The summed E-state index contributed by atoms with van der Waals surface area (Å²) < 4.78 is 0. The number of likely N-dealkylation sites (tertiary alicyclic amines) is 1. The Morgan fingerprint density at radius 3 is 3.00 bits per heavy atom.